The lowest BCUT2D eigenvalue weighted by molar-refractivity contribution is -0.0512. The van der Waals surface area contributed by atoms with Crippen molar-refractivity contribution in [3.8, 4) is 11.5 Å². The first-order valence-electron chi connectivity index (χ1n) is 7.09. The van der Waals surface area contributed by atoms with Gasteiger partial charge in [-0.1, -0.05) is 6.07 Å². The van der Waals surface area contributed by atoms with Gasteiger partial charge in [0.1, 0.15) is 0 Å². The summed E-state index contributed by atoms with van der Waals surface area (Å²) in [7, 11) is 1.43. The SMILES string of the molecule is COc1ccc(CN2CC(CN)CC2C)cc1OC(F)F.Cl. The van der Waals surface area contributed by atoms with E-state index in [1.54, 1.807) is 12.1 Å². The average Bonchev–Trinajstić information content (AvgIpc) is 2.79. The van der Waals surface area contributed by atoms with E-state index in [9.17, 15) is 8.78 Å². The molecule has 0 bridgehead atoms. The number of methoxy groups -OCH3 is 1. The molecule has 1 aromatic rings. The molecule has 7 heteroatoms. The van der Waals surface area contributed by atoms with Crippen LogP contribution in [0.15, 0.2) is 18.2 Å². The normalized spacial score (nSPS) is 21.7. The van der Waals surface area contributed by atoms with Gasteiger partial charge >= 0.3 is 6.61 Å². The lowest BCUT2D eigenvalue weighted by Gasteiger charge is -2.21. The lowest BCUT2D eigenvalue weighted by atomic mass is 10.1. The molecule has 126 valence electrons. The molecule has 0 aliphatic carbocycles. The van der Waals surface area contributed by atoms with Crippen molar-refractivity contribution < 1.29 is 18.3 Å². The number of likely N-dealkylation sites (tertiary alicyclic amines) is 1. The molecule has 2 atom stereocenters. The van der Waals surface area contributed by atoms with Crippen LogP contribution in [0.4, 0.5) is 8.78 Å². The summed E-state index contributed by atoms with van der Waals surface area (Å²) < 4.78 is 34.4. The van der Waals surface area contributed by atoms with Gasteiger partial charge in [0.05, 0.1) is 7.11 Å². The van der Waals surface area contributed by atoms with Crippen LogP contribution in [0.2, 0.25) is 0 Å². The zero-order valence-electron chi connectivity index (χ0n) is 12.8. The van der Waals surface area contributed by atoms with Gasteiger partial charge in [0.25, 0.3) is 0 Å². The highest BCUT2D eigenvalue weighted by molar-refractivity contribution is 5.85. The van der Waals surface area contributed by atoms with Crippen LogP contribution >= 0.6 is 12.4 Å². The second-order valence-electron chi connectivity index (χ2n) is 5.48. The molecule has 1 heterocycles. The molecule has 0 aromatic heterocycles. The molecule has 0 saturated carbocycles. The molecule has 2 unspecified atom stereocenters. The molecule has 1 fully saturated rings. The highest BCUT2D eigenvalue weighted by Crippen LogP contribution is 2.31. The minimum absolute atomic E-state index is 0. The maximum Gasteiger partial charge on any atom is 0.387 e. The summed E-state index contributed by atoms with van der Waals surface area (Å²) in [5.41, 5.74) is 6.65. The molecule has 1 aliphatic rings. The topological polar surface area (TPSA) is 47.7 Å². The first-order chi connectivity index (χ1) is 10.0. The van der Waals surface area contributed by atoms with Crippen molar-refractivity contribution >= 4 is 12.4 Å². The van der Waals surface area contributed by atoms with E-state index in [2.05, 4.69) is 16.6 Å². The van der Waals surface area contributed by atoms with Crippen LogP contribution in [0.5, 0.6) is 11.5 Å². The van der Waals surface area contributed by atoms with Gasteiger partial charge in [-0.3, -0.25) is 4.90 Å². The van der Waals surface area contributed by atoms with E-state index in [1.807, 2.05) is 6.07 Å². The van der Waals surface area contributed by atoms with Gasteiger partial charge in [-0.25, -0.2) is 0 Å². The molecule has 1 saturated heterocycles. The Morgan fingerprint density at radius 2 is 2.09 bits per heavy atom. The predicted octanol–water partition coefficient (Wildman–Crippen LogP) is 2.89. The third-order valence-electron chi connectivity index (χ3n) is 3.95. The molecule has 4 nitrogen and oxygen atoms in total. The first-order valence-corrected chi connectivity index (χ1v) is 7.09. The van der Waals surface area contributed by atoms with Crippen LogP contribution in [0.3, 0.4) is 0 Å². The second kappa shape index (κ2) is 8.50. The Morgan fingerprint density at radius 3 is 2.64 bits per heavy atom. The third kappa shape index (κ3) is 4.69. The minimum Gasteiger partial charge on any atom is -0.493 e. The summed E-state index contributed by atoms with van der Waals surface area (Å²) in [5, 5.41) is 0. The molecule has 0 spiro atoms. The van der Waals surface area contributed by atoms with Crippen molar-refractivity contribution in [2.75, 3.05) is 20.2 Å². The second-order valence-corrected chi connectivity index (χ2v) is 5.48. The van der Waals surface area contributed by atoms with Gasteiger partial charge in [0.15, 0.2) is 11.5 Å². The van der Waals surface area contributed by atoms with Crippen molar-refractivity contribution in [3.63, 3.8) is 0 Å². The zero-order valence-corrected chi connectivity index (χ0v) is 13.6. The Kier molecular flexibility index (Phi) is 7.32. The number of hydrogen-bond donors (Lipinski definition) is 1. The summed E-state index contributed by atoms with van der Waals surface area (Å²) in [6.45, 7) is 1.62. The third-order valence-corrected chi connectivity index (χ3v) is 3.95. The number of ether oxygens (including phenoxy) is 2. The number of hydrogen-bond acceptors (Lipinski definition) is 4. The smallest absolute Gasteiger partial charge is 0.387 e. The Labute approximate surface area is 136 Å². The van der Waals surface area contributed by atoms with Gasteiger partial charge in [0.2, 0.25) is 0 Å². The van der Waals surface area contributed by atoms with Crippen LogP contribution in [0.1, 0.15) is 18.9 Å². The highest BCUT2D eigenvalue weighted by Gasteiger charge is 2.28. The number of rotatable bonds is 6. The van der Waals surface area contributed by atoms with Gasteiger partial charge in [-0.2, -0.15) is 8.78 Å². The lowest BCUT2D eigenvalue weighted by Crippen LogP contribution is -2.27. The van der Waals surface area contributed by atoms with Crippen LogP contribution in [-0.4, -0.2) is 37.8 Å². The van der Waals surface area contributed by atoms with E-state index in [1.165, 1.54) is 7.11 Å². The van der Waals surface area contributed by atoms with E-state index in [4.69, 9.17) is 10.5 Å². The Bertz CT molecular complexity index is 477. The molecular formula is C15H23ClF2N2O2. The fraction of sp³-hybridized carbons (Fsp3) is 0.600. The van der Waals surface area contributed by atoms with Crippen molar-refractivity contribution in [2.24, 2.45) is 11.7 Å². The van der Waals surface area contributed by atoms with Crippen LogP contribution in [-0.2, 0) is 6.54 Å². The van der Waals surface area contributed by atoms with E-state index in [-0.39, 0.29) is 18.2 Å². The predicted molar refractivity (Wildman–Crippen MR) is 83.9 cm³/mol. The Morgan fingerprint density at radius 1 is 1.36 bits per heavy atom. The van der Waals surface area contributed by atoms with Gasteiger partial charge in [0, 0.05) is 19.1 Å². The van der Waals surface area contributed by atoms with E-state index in [0.717, 1.165) is 18.5 Å². The largest absolute Gasteiger partial charge is 0.493 e. The van der Waals surface area contributed by atoms with Crippen LogP contribution in [0.25, 0.3) is 0 Å². The summed E-state index contributed by atoms with van der Waals surface area (Å²) in [6.07, 6.45) is 1.08. The maximum atomic E-state index is 12.4. The number of nitrogens with two attached hydrogens (primary N) is 1. The van der Waals surface area contributed by atoms with Gasteiger partial charge in [-0.15, -0.1) is 12.4 Å². The summed E-state index contributed by atoms with van der Waals surface area (Å²) >= 11 is 0. The average molecular weight is 337 g/mol. The zero-order chi connectivity index (χ0) is 15.4. The Hall–Kier alpha value is -1.11. The van der Waals surface area contributed by atoms with E-state index >= 15 is 0 Å². The standard InChI is InChI=1S/C15H22F2N2O2.ClH/c1-10-5-12(7-18)9-19(10)8-11-3-4-13(20-2)14(6-11)21-15(16)17;/h3-4,6,10,12,15H,5,7-9,18H2,1-2H3;1H. The molecule has 0 amide bonds. The van der Waals surface area contributed by atoms with E-state index < -0.39 is 6.61 Å². The molecule has 2 rings (SSSR count). The van der Waals surface area contributed by atoms with Crippen molar-refractivity contribution in [1.29, 1.82) is 0 Å². The van der Waals surface area contributed by atoms with Crippen molar-refractivity contribution in [3.05, 3.63) is 23.8 Å². The summed E-state index contributed by atoms with van der Waals surface area (Å²) in [6, 6.07) is 5.60. The molecular weight excluding hydrogens is 314 g/mol. The number of benzene rings is 1. The number of halogens is 3. The fourth-order valence-electron chi connectivity index (χ4n) is 2.85. The van der Waals surface area contributed by atoms with Crippen molar-refractivity contribution in [2.45, 2.75) is 32.5 Å². The van der Waals surface area contributed by atoms with Crippen molar-refractivity contribution in [1.82, 2.24) is 4.90 Å². The fourth-order valence-corrected chi connectivity index (χ4v) is 2.85. The number of nitrogens with zero attached hydrogens (tertiary/aromatic N) is 1. The molecule has 1 aromatic carbocycles. The van der Waals surface area contributed by atoms with Gasteiger partial charge < -0.3 is 15.2 Å². The van der Waals surface area contributed by atoms with Gasteiger partial charge in [-0.05, 0) is 43.5 Å². The van der Waals surface area contributed by atoms with E-state index in [0.29, 0.717) is 30.8 Å². The number of alkyl halides is 2. The van der Waals surface area contributed by atoms with Crippen LogP contribution < -0.4 is 15.2 Å². The summed E-state index contributed by atoms with van der Waals surface area (Å²) in [4.78, 5) is 2.31. The maximum absolute atomic E-state index is 12.4. The molecule has 0 radical (unpaired) electrons. The Balaban J connectivity index is 0.00000242. The first kappa shape index (κ1) is 18.9. The highest BCUT2D eigenvalue weighted by atomic mass is 35.5. The quantitative estimate of drug-likeness (QED) is 0.867. The molecule has 1 aliphatic heterocycles. The molecule has 22 heavy (non-hydrogen) atoms. The summed E-state index contributed by atoms with van der Waals surface area (Å²) in [5.74, 6) is 0.899. The monoisotopic (exact) mass is 336 g/mol. The van der Waals surface area contributed by atoms with Crippen LogP contribution in [0, 0.1) is 5.92 Å². The molecule has 2 N–H and O–H groups in total. The minimum atomic E-state index is -2.86.